The average Bonchev–Trinajstić information content (AvgIpc) is 3.30. The summed E-state index contributed by atoms with van der Waals surface area (Å²) in [6.07, 6.45) is 4.99. The van der Waals surface area contributed by atoms with E-state index >= 15 is 0 Å². The minimum atomic E-state index is -3.75. The number of nitrogens with zero attached hydrogens (tertiary/aromatic N) is 2. The Morgan fingerprint density at radius 3 is 2.29 bits per heavy atom. The van der Waals surface area contributed by atoms with Crippen molar-refractivity contribution in [2.45, 2.75) is 51.2 Å². The Balaban J connectivity index is 1.87. The number of carbonyl (C=O) groups is 2. The molecule has 2 aromatic rings. The number of carbonyl (C=O) groups excluding carboxylic acids is 2. The van der Waals surface area contributed by atoms with Gasteiger partial charge in [0, 0.05) is 12.6 Å². The Kier molecular flexibility index (Phi) is 8.84. The molecule has 0 aromatic heterocycles. The topological polar surface area (TPSA) is 86.8 Å². The summed E-state index contributed by atoms with van der Waals surface area (Å²) >= 11 is 12.2. The molecule has 34 heavy (non-hydrogen) atoms. The van der Waals surface area contributed by atoms with Crippen LogP contribution in [0, 0.1) is 0 Å². The van der Waals surface area contributed by atoms with E-state index in [1.807, 2.05) is 0 Å². The van der Waals surface area contributed by atoms with Gasteiger partial charge in [0.05, 0.1) is 22.0 Å². The zero-order valence-electron chi connectivity index (χ0n) is 19.2. The zero-order chi connectivity index (χ0) is 24.9. The molecule has 10 heteroatoms. The highest BCUT2D eigenvalue weighted by Crippen LogP contribution is 2.25. The Hall–Kier alpha value is -2.29. The summed E-state index contributed by atoms with van der Waals surface area (Å²) in [7, 11) is -3.75. The number of para-hydroxylation sites is 1. The second kappa shape index (κ2) is 11.4. The van der Waals surface area contributed by atoms with E-state index in [1.165, 1.54) is 4.90 Å². The molecule has 7 nitrogen and oxygen atoms in total. The maximum atomic E-state index is 13.5. The average molecular weight is 526 g/mol. The number of hydrogen-bond donors (Lipinski definition) is 1. The summed E-state index contributed by atoms with van der Waals surface area (Å²) in [5.74, 6) is -0.777. The minimum absolute atomic E-state index is 0.0708. The van der Waals surface area contributed by atoms with Crippen molar-refractivity contribution in [3.8, 4) is 0 Å². The number of benzene rings is 2. The van der Waals surface area contributed by atoms with Crippen LogP contribution in [0.1, 0.15) is 38.2 Å². The molecule has 0 aliphatic heterocycles. The van der Waals surface area contributed by atoms with E-state index < -0.39 is 28.5 Å². The normalized spacial score (nSPS) is 15.1. The van der Waals surface area contributed by atoms with Crippen LogP contribution in [0.25, 0.3) is 0 Å². The van der Waals surface area contributed by atoms with E-state index in [1.54, 1.807) is 55.5 Å². The predicted molar refractivity (Wildman–Crippen MR) is 136 cm³/mol. The Morgan fingerprint density at radius 2 is 1.71 bits per heavy atom. The summed E-state index contributed by atoms with van der Waals surface area (Å²) in [5, 5.41) is 3.73. The van der Waals surface area contributed by atoms with Crippen molar-refractivity contribution in [3.63, 3.8) is 0 Å². The molecule has 1 aliphatic carbocycles. The molecule has 0 saturated heterocycles. The molecule has 0 radical (unpaired) electrons. The van der Waals surface area contributed by atoms with Gasteiger partial charge >= 0.3 is 0 Å². The monoisotopic (exact) mass is 525 g/mol. The van der Waals surface area contributed by atoms with E-state index in [9.17, 15) is 18.0 Å². The molecular formula is C24H29Cl2N3O4S. The third-order valence-electron chi connectivity index (χ3n) is 5.93. The molecule has 2 aromatic carbocycles. The number of anilines is 1. The number of hydrogen-bond acceptors (Lipinski definition) is 4. The van der Waals surface area contributed by atoms with Gasteiger partial charge in [0.15, 0.2) is 0 Å². The third kappa shape index (κ3) is 6.87. The highest BCUT2D eigenvalue weighted by molar-refractivity contribution is 7.92. The van der Waals surface area contributed by atoms with Crippen LogP contribution in [0.2, 0.25) is 10.0 Å². The molecule has 0 heterocycles. The summed E-state index contributed by atoms with van der Waals surface area (Å²) in [5.41, 5.74) is 1.05. The Bertz CT molecular complexity index is 1120. The first kappa shape index (κ1) is 26.3. The van der Waals surface area contributed by atoms with E-state index in [0.29, 0.717) is 21.3 Å². The summed E-state index contributed by atoms with van der Waals surface area (Å²) < 4.78 is 26.1. The SMILES string of the molecule is C[C@@H](C(=O)NC1CCCC1)N(Cc1ccc(Cl)c(Cl)c1)C(=O)CN(c1ccccc1)S(C)(=O)=O. The molecule has 3 rings (SSSR count). The Labute approximate surface area is 211 Å². The van der Waals surface area contributed by atoms with Gasteiger partial charge < -0.3 is 10.2 Å². The predicted octanol–water partition coefficient (Wildman–Crippen LogP) is 4.24. The van der Waals surface area contributed by atoms with Crippen molar-refractivity contribution >= 4 is 50.7 Å². The summed E-state index contributed by atoms with van der Waals surface area (Å²) in [6.45, 7) is 1.28. The van der Waals surface area contributed by atoms with Gasteiger partial charge in [-0.2, -0.15) is 0 Å². The number of amides is 2. The van der Waals surface area contributed by atoms with Gasteiger partial charge in [-0.05, 0) is 49.6 Å². The first-order chi connectivity index (χ1) is 16.1. The number of sulfonamides is 1. The number of halogens is 2. The molecule has 1 atom stereocenters. The van der Waals surface area contributed by atoms with Gasteiger partial charge in [-0.1, -0.05) is 60.3 Å². The Morgan fingerprint density at radius 1 is 1.06 bits per heavy atom. The fraction of sp³-hybridized carbons (Fsp3) is 0.417. The van der Waals surface area contributed by atoms with Crippen LogP contribution in [0.5, 0.6) is 0 Å². The van der Waals surface area contributed by atoms with Crippen LogP contribution >= 0.6 is 23.2 Å². The lowest BCUT2D eigenvalue weighted by Gasteiger charge is -2.32. The molecule has 184 valence electrons. The number of rotatable bonds is 9. The van der Waals surface area contributed by atoms with Crippen LogP contribution < -0.4 is 9.62 Å². The van der Waals surface area contributed by atoms with Crippen LogP contribution in [0.15, 0.2) is 48.5 Å². The first-order valence-corrected chi connectivity index (χ1v) is 13.7. The quantitative estimate of drug-likeness (QED) is 0.530. The van der Waals surface area contributed by atoms with Gasteiger partial charge in [0.25, 0.3) is 0 Å². The first-order valence-electron chi connectivity index (χ1n) is 11.1. The molecule has 1 N–H and O–H groups in total. The summed E-state index contributed by atoms with van der Waals surface area (Å²) in [4.78, 5) is 27.9. The molecule has 1 fully saturated rings. The third-order valence-corrected chi connectivity index (χ3v) is 7.81. The fourth-order valence-electron chi connectivity index (χ4n) is 4.02. The van der Waals surface area contributed by atoms with E-state index in [4.69, 9.17) is 23.2 Å². The molecule has 0 spiro atoms. The van der Waals surface area contributed by atoms with Gasteiger partial charge in [-0.15, -0.1) is 0 Å². The highest BCUT2D eigenvalue weighted by Gasteiger charge is 2.31. The van der Waals surface area contributed by atoms with Crippen molar-refractivity contribution in [2.75, 3.05) is 17.1 Å². The van der Waals surface area contributed by atoms with Gasteiger partial charge in [-0.25, -0.2) is 8.42 Å². The lowest BCUT2D eigenvalue weighted by Crippen LogP contribution is -2.52. The minimum Gasteiger partial charge on any atom is -0.352 e. The van der Waals surface area contributed by atoms with Crippen LogP contribution in [-0.4, -0.2) is 50.0 Å². The highest BCUT2D eigenvalue weighted by atomic mass is 35.5. The second-order valence-corrected chi connectivity index (χ2v) is 11.3. The van der Waals surface area contributed by atoms with Crippen molar-refractivity contribution in [1.29, 1.82) is 0 Å². The van der Waals surface area contributed by atoms with Gasteiger partial charge in [0.2, 0.25) is 21.8 Å². The fourth-order valence-corrected chi connectivity index (χ4v) is 5.19. The molecule has 2 amide bonds. The second-order valence-electron chi connectivity index (χ2n) is 8.54. The van der Waals surface area contributed by atoms with Crippen molar-refractivity contribution in [3.05, 3.63) is 64.1 Å². The molecule has 1 saturated carbocycles. The van der Waals surface area contributed by atoms with Crippen LogP contribution in [0.4, 0.5) is 5.69 Å². The van der Waals surface area contributed by atoms with Crippen molar-refractivity contribution in [1.82, 2.24) is 10.2 Å². The van der Waals surface area contributed by atoms with Crippen molar-refractivity contribution < 1.29 is 18.0 Å². The van der Waals surface area contributed by atoms with Crippen LogP contribution in [0.3, 0.4) is 0 Å². The van der Waals surface area contributed by atoms with Gasteiger partial charge in [-0.3, -0.25) is 13.9 Å². The molecule has 1 aliphatic rings. The van der Waals surface area contributed by atoms with Crippen molar-refractivity contribution in [2.24, 2.45) is 0 Å². The summed E-state index contributed by atoms with van der Waals surface area (Å²) in [6, 6.07) is 12.6. The maximum absolute atomic E-state index is 13.5. The smallest absolute Gasteiger partial charge is 0.244 e. The standard InChI is InChI=1S/C24H29Cl2N3O4S/c1-17(24(31)27-19-8-6-7-9-19)28(15-18-12-13-21(25)22(26)14-18)23(30)16-29(34(2,32)33)20-10-4-3-5-11-20/h3-5,10-14,17,19H,6-9,15-16H2,1-2H3,(H,27,31)/t17-/m0/s1. The lowest BCUT2D eigenvalue weighted by molar-refractivity contribution is -0.139. The van der Waals surface area contributed by atoms with Gasteiger partial charge in [0.1, 0.15) is 12.6 Å². The number of nitrogens with one attached hydrogen (secondary N) is 1. The largest absolute Gasteiger partial charge is 0.352 e. The van der Waals surface area contributed by atoms with E-state index in [2.05, 4.69) is 5.32 Å². The molecule has 0 unspecified atom stereocenters. The lowest BCUT2D eigenvalue weighted by atomic mass is 10.1. The zero-order valence-corrected chi connectivity index (χ0v) is 21.5. The van der Waals surface area contributed by atoms with Crippen LogP contribution in [-0.2, 0) is 26.2 Å². The molecular weight excluding hydrogens is 497 g/mol. The molecule has 0 bridgehead atoms. The van der Waals surface area contributed by atoms with E-state index in [0.717, 1.165) is 36.2 Å². The van der Waals surface area contributed by atoms with E-state index in [-0.39, 0.29) is 18.5 Å². The maximum Gasteiger partial charge on any atom is 0.244 e.